The lowest BCUT2D eigenvalue weighted by Gasteiger charge is -2.32. The van der Waals surface area contributed by atoms with Gasteiger partial charge in [0, 0.05) is 17.0 Å². The second kappa shape index (κ2) is 8.07. The van der Waals surface area contributed by atoms with E-state index in [1.54, 1.807) is 0 Å². The van der Waals surface area contributed by atoms with E-state index < -0.39 is 0 Å². The van der Waals surface area contributed by atoms with Crippen LogP contribution in [0.3, 0.4) is 0 Å². The Hall–Kier alpha value is -0.700. The lowest BCUT2D eigenvalue weighted by Crippen LogP contribution is -2.28. The molecule has 1 aliphatic carbocycles. The average Bonchev–Trinajstić information content (AvgIpc) is 2.44. The SMILES string of the molecule is CCCOc1ccc(CBr)c(OC2CC(C)CC(C)C2)c1. The number of alkyl halides is 1. The fourth-order valence-electron chi connectivity index (χ4n) is 3.21. The fourth-order valence-corrected chi connectivity index (χ4v) is 3.68. The highest BCUT2D eigenvalue weighted by Crippen LogP contribution is 2.34. The summed E-state index contributed by atoms with van der Waals surface area (Å²) in [4.78, 5) is 0. The summed E-state index contributed by atoms with van der Waals surface area (Å²) in [5.41, 5.74) is 1.20. The number of benzene rings is 1. The highest BCUT2D eigenvalue weighted by molar-refractivity contribution is 9.08. The summed E-state index contributed by atoms with van der Waals surface area (Å²) in [6.45, 7) is 7.54. The van der Waals surface area contributed by atoms with Crippen molar-refractivity contribution in [2.24, 2.45) is 11.8 Å². The van der Waals surface area contributed by atoms with E-state index >= 15 is 0 Å². The minimum atomic E-state index is 0.336. The Kier molecular flexibility index (Phi) is 6.40. The Bertz CT molecular complexity index is 437. The van der Waals surface area contributed by atoms with Crippen LogP contribution < -0.4 is 9.47 Å². The molecule has 0 N–H and O–H groups in total. The van der Waals surface area contributed by atoms with E-state index in [9.17, 15) is 0 Å². The summed E-state index contributed by atoms with van der Waals surface area (Å²) in [7, 11) is 0. The molecule has 0 bridgehead atoms. The Morgan fingerprint density at radius 3 is 2.48 bits per heavy atom. The van der Waals surface area contributed by atoms with Crippen LogP contribution in [0, 0.1) is 11.8 Å². The van der Waals surface area contributed by atoms with Gasteiger partial charge in [0.25, 0.3) is 0 Å². The van der Waals surface area contributed by atoms with Crippen molar-refractivity contribution in [2.45, 2.75) is 57.9 Å². The minimum absolute atomic E-state index is 0.336. The molecule has 0 aromatic heterocycles. The third kappa shape index (κ3) is 4.91. The smallest absolute Gasteiger partial charge is 0.127 e. The van der Waals surface area contributed by atoms with Gasteiger partial charge in [-0.15, -0.1) is 0 Å². The van der Waals surface area contributed by atoms with Gasteiger partial charge in [-0.2, -0.15) is 0 Å². The van der Waals surface area contributed by atoms with E-state index in [2.05, 4.69) is 48.8 Å². The average molecular weight is 355 g/mol. The molecular formula is C18H27BrO2. The molecule has 2 rings (SSSR count). The molecule has 2 nitrogen and oxygen atoms in total. The van der Waals surface area contributed by atoms with Crippen LogP contribution in [-0.2, 0) is 5.33 Å². The second-order valence-corrected chi connectivity index (χ2v) is 6.97. The number of halogens is 1. The molecule has 0 spiro atoms. The molecule has 0 radical (unpaired) electrons. The maximum atomic E-state index is 6.33. The molecule has 21 heavy (non-hydrogen) atoms. The number of rotatable bonds is 6. The summed E-state index contributed by atoms with van der Waals surface area (Å²) >= 11 is 3.55. The number of hydrogen-bond acceptors (Lipinski definition) is 2. The topological polar surface area (TPSA) is 18.5 Å². The van der Waals surface area contributed by atoms with Crippen molar-refractivity contribution < 1.29 is 9.47 Å². The van der Waals surface area contributed by atoms with Crippen LogP contribution in [0.4, 0.5) is 0 Å². The molecular weight excluding hydrogens is 328 g/mol. The van der Waals surface area contributed by atoms with E-state index in [1.165, 1.54) is 12.0 Å². The van der Waals surface area contributed by atoms with Crippen LogP contribution in [0.1, 0.15) is 52.0 Å². The Labute approximate surface area is 137 Å². The zero-order valence-electron chi connectivity index (χ0n) is 13.4. The van der Waals surface area contributed by atoms with Gasteiger partial charge in [0.1, 0.15) is 11.5 Å². The molecule has 0 aliphatic heterocycles. The summed E-state index contributed by atoms with van der Waals surface area (Å²) in [5, 5.41) is 0.814. The van der Waals surface area contributed by atoms with Gasteiger partial charge in [0.05, 0.1) is 12.7 Å². The molecule has 1 aliphatic rings. The van der Waals surface area contributed by atoms with Crippen molar-refractivity contribution in [2.75, 3.05) is 6.61 Å². The van der Waals surface area contributed by atoms with Gasteiger partial charge in [-0.3, -0.25) is 0 Å². The molecule has 0 heterocycles. The van der Waals surface area contributed by atoms with Crippen molar-refractivity contribution in [3.8, 4) is 11.5 Å². The molecule has 3 heteroatoms. The van der Waals surface area contributed by atoms with Gasteiger partial charge in [0.15, 0.2) is 0 Å². The van der Waals surface area contributed by atoms with Crippen molar-refractivity contribution in [1.82, 2.24) is 0 Å². The van der Waals surface area contributed by atoms with Crippen molar-refractivity contribution in [3.05, 3.63) is 23.8 Å². The van der Waals surface area contributed by atoms with E-state index in [-0.39, 0.29) is 0 Å². The van der Waals surface area contributed by atoms with E-state index in [0.717, 1.165) is 54.5 Å². The normalized spacial score (nSPS) is 25.6. The zero-order valence-corrected chi connectivity index (χ0v) is 15.0. The third-order valence-corrected chi connectivity index (χ3v) is 4.69. The predicted octanol–water partition coefficient (Wildman–Crippen LogP) is 5.57. The second-order valence-electron chi connectivity index (χ2n) is 6.41. The summed E-state index contributed by atoms with van der Waals surface area (Å²) in [5.74, 6) is 3.40. The molecule has 1 saturated carbocycles. The summed E-state index contributed by atoms with van der Waals surface area (Å²) < 4.78 is 12.1. The van der Waals surface area contributed by atoms with Gasteiger partial charge in [-0.05, 0) is 43.6 Å². The molecule has 1 aromatic rings. The van der Waals surface area contributed by atoms with E-state index in [1.807, 2.05) is 6.07 Å². The molecule has 1 fully saturated rings. The van der Waals surface area contributed by atoms with Crippen LogP contribution in [0.2, 0.25) is 0 Å². The summed E-state index contributed by atoms with van der Waals surface area (Å²) in [6, 6.07) is 6.19. The zero-order chi connectivity index (χ0) is 15.2. The van der Waals surface area contributed by atoms with Gasteiger partial charge in [-0.1, -0.05) is 42.8 Å². The first-order valence-electron chi connectivity index (χ1n) is 8.10. The van der Waals surface area contributed by atoms with Crippen LogP contribution in [0.15, 0.2) is 18.2 Å². The third-order valence-electron chi connectivity index (χ3n) is 4.08. The van der Waals surface area contributed by atoms with Gasteiger partial charge < -0.3 is 9.47 Å². The lowest BCUT2D eigenvalue weighted by molar-refractivity contribution is 0.1000. The van der Waals surface area contributed by atoms with Crippen molar-refractivity contribution in [3.63, 3.8) is 0 Å². The molecule has 118 valence electrons. The predicted molar refractivity (Wildman–Crippen MR) is 91.5 cm³/mol. The first kappa shape index (κ1) is 16.7. The number of ether oxygens (including phenoxy) is 2. The van der Waals surface area contributed by atoms with Crippen molar-refractivity contribution in [1.29, 1.82) is 0 Å². The highest BCUT2D eigenvalue weighted by atomic mass is 79.9. The lowest BCUT2D eigenvalue weighted by atomic mass is 9.82. The van der Waals surface area contributed by atoms with Crippen LogP contribution in [0.5, 0.6) is 11.5 Å². The van der Waals surface area contributed by atoms with Gasteiger partial charge >= 0.3 is 0 Å². The maximum Gasteiger partial charge on any atom is 0.127 e. The van der Waals surface area contributed by atoms with E-state index in [4.69, 9.17) is 9.47 Å². The van der Waals surface area contributed by atoms with Crippen LogP contribution in [-0.4, -0.2) is 12.7 Å². The molecule has 0 saturated heterocycles. The van der Waals surface area contributed by atoms with Crippen LogP contribution >= 0.6 is 15.9 Å². The van der Waals surface area contributed by atoms with E-state index in [0.29, 0.717) is 6.10 Å². The van der Waals surface area contributed by atoms with Gasteiger partial charge in [0.2, 0.25) is 0 Å². The number of hydrogen-bond donors (Lipinski definition) is 0. The minimum Gasteiger partial charge on any atom is -0.493 e. The molecule has 2 atom stereocenters. The molecule has 2 unspecified atom stereocenters. The Morgan fingerprint density at radius 2 is 1.86 bits per heavy atom. The van der Waals surface area contributed by atoms with Gasteiger partial charge in [-0.25, -0.2) is 0 Å². The first-order valence-corrected chi connectivity index (χ1v) is 9.22. The Morgan fingerprint density at radius 1 is 1.14 bits per heavy atom. The summed E-state index contributed by atoms with van der Waals surface area (Å²) in [6.07, 6.45) is 5.00. The Balaban J connectivity index is 2.09. The maximum absolute atomic E-state index is 6.33. The quantitative estimate of drug-likeness (QED) is 0.621. The fraction of sp³-hybridized carbons (Fsp3) is 0.667. The van der Waals surface area contributed by atoms with Crippen molar-refractivity contribution >= 4 is 15.9 Å². The highest BCUT2D eigenvalue weighted by Gasteiger charge is 2.25. The molecule has 0 amide bonds. The first-order chi connectivity index (χ1) is 10.1. The largest absolute Gasteiger partial charge is 0.493 e. The monoisotopic (exact) mass is 354 g/mol. The standard InChI is InChI=1S/C18H27BrO2/c1-4-7-20-16-6-5-15(12-19)18(11-16)21-17-9-13(2)8-14(3)10-17/h5-6,11,13-14,17H,4,7-10,12H2,1-3H3. The van der Waals surface area contributed by atoms with Crippen LogP contribution in [0.25, 0.3) is 0 Å². The molecule has 1 aromatic carbocycles.